The van der Waals surface area contributed by atoms with Gasteiger partial charge in [-0.3, -0.25) is 39.0 Å². The number of benzene rings is 2. The van der Waals surface area contributed by atoms with E-state index in [-0.39, 0.29) is 54.8 Å². The Morgan fingerprint density at radius 3 is 2.45 bits per heavy atom. The standard InChI is InChI=1S/C44H48ClN9O8/c1-46-37(56)23-61-35-19-25-18-26(6-7-33(25)51(2)42(35)59)48-39-32(45)22-47-44(50-39)53-16-12-28(13-17-53)62-29-20-27(21-29)52-14-10-24(11-15-52)30-4-3-5-31-38(30)43(60)54(41(31)58)34-8-9-36(55)49-40(34)57/h3-7,18-19,22,24,27-29,34H,8-17,20-21,23H2,1-2H3,(H,46,56)(H,47,48,50)(H,49,55,57)/t27-,29-,34?. The van der Waals surface area contributed by atoms with Gasteiger partial charge in [0, 0.05) is 50.7 Å². The molecule has 4 aliphatic heterocycles. The molecule has 62 heavy (non-hydrogen) atoms. The number of carbonyl (C=O) groups is 5. The number of nitrogens with one attached hydrogen (secondary N) is 3. The monoisotopic (exact) mass is 865 g/mol. The molecule has 2 aromatic carbocycles. The molecule has 4 aromatic rings. The van der Waals surface area contributed by atoms with E-state index in [1.54, 1.807) is 25.4 Å². The fourth-order valence-corrected chi connectivity index (χ4v) is 9.59. The second-order valence-electron chi connectivity index (χ2n) is 16.7. The first-order valence-corrected chi connectivity index (χ1v) is 21.6. The molecular weight excluding hydrogens is 818 g/mol. The van der Waals surface area contributed by atoms with Crippen LogP contribution in [-0.4, -0.2) is 118 Å². The number of anilines is 3. The summed E-state index contributed by atoms with van der Waals surface area (Å²) >= 11 is 6.56. The number of carbonyl (C=O) groups excluding carboxylic acids is 5. The number of ether oxygens (including phenoxy) is 2. The molecule has 5 aliphatic rings. The van der Waals surface area contributed by atoms with Crippen molar-refractivity contribution in [2.75, 3.05) is 50.1 Å². The molecule has 0 spiro atoms. The van der Waals surface area contributed by atoms with E-state index in [0.29, 0.717) is 45.2 Å². The molecule has 1 unspecified atom stereocenters. The summed E-state index contributed by atoms with van der Waals surface area (Å²) in [7, 11) is 3.15. The minimum atomic E-state index is -0.976. The quantitative estimate of drug-likeness (QED) is 0.185. The molecule has 3 N–H and O–H groups in total. The molecule has 0 radical (unpaired) electrons. The van der Waals surface area contributed by atoms with Gasteiger partial charge < -0.3 is 34.5 Å². The summed E-state index contributed by atoms with van der Waals surface area (Å²) < 4.78 is 13.6. The van der Waals surface area contributed by atoms with Crippen molar-refractivity contribution in [3.8, 4) is 5.75 Å². The number of piperidine rings is 3. The van der Waals surface area contributed by atoms with Crippen LogP contribution < -0.4 is 31.1 Å². The highest BCUT2D eigenvalue weighted by Gasteiger charge is 2.46. The number of pyridine rings is 1. The summed E-state index contributed by atoms with van der Waals surface area (Å²) in [5, 5.41) is 9.13. The van der Waals surface area contributed by atoms with E-state index in [2.05, 4.69) is 30.7 Å². The lowest BCUT2D eigenvalue weighted by molar-refractivity contribution is -0.136. The predicted octanol–water partition coefficient (Wildman–Crippen LogP) is 3.65. The number of hydrogen-bond acceptors (Lipinski definition) is 13. The van der Waals surface area contributed by atoms with Gasteiger partial charge in [0.05, 0.1) is 35.0 Å². The van der Waals surface area contributed by atoms with Gasteiger partial charge in [-0.25, -0.2) is 4.98 Å². The fourth-order valence-electron chi connectivity index (χ4n) is 9.45. The molecule has 1 atom stereocenters. The van der Waals surface area contributed by atoms with Crippen molar-refractivity contribution in [3.63, 3.8) is 0 Å². The minimum absolute atomic E-state index is 0.0703. The highest BCUT2D eigenvalue weighted by Crippen LogP contribution is 2.40. The number of nitrogens with zero attached hydrogens (tertiary/aromatic N) is 6. The SMILES string of the molecule is CNC(=O)COc1cc2cc(Nc3nc(N4CCC(O[C@H]5C[C@H](N6CCC(c7cccc8c7C(=O)N(C7CCC(=O)NC7=O)C8=O)CC6)C5)CC4)ncc3Cl)ccc2n(C)c1=O. The number of aryl methyl sites for hydroxylation is 1. The summed E-state index contributed by atoms with van der Waals surface area (Å²) in [5.74, 6) is -1.03. The van der Waals surface area contributed by atoms with Gasteiger partial charge >= 0.3 is 0 Å². The average molecular weight is 866 g/mol. The van der Waals surface area contributed by atoms with Crippen LogP contribution in [0.5, 0.6) is 5.75 Å². The number of rotatable bonds is 11. The fraction of sp³-hybridized carbons (Fsp3) is 0.455. The Labute approximate surface area is 362 Å². The zero-order valence-electron chi connectivity index (χ0n) is 34.5. The highest BCUT2D eigenvalue weighted by atomic mass is 35.5. The van der Waals surface area contributed by atoms with Gasteiger partial charge in [-0.2, -0.15) is 4.98 Å². The van der Waals surface area contributed by atoms with Gasteiger partial charge in [0.15, 0.2) is 18.2 Å². The minimum Gasteiger partial charge on any atom is -0.478 e. The van der Waals surface area contributed by atoms with E-state index in [0.717, 1.165) is 80.6 Å². The van der Waals surface area contributed by atoms with Crippen molar-refractivity contribution >= 4 is 69.5 Å². The maximum Gasteiger partial charge on any atom is 0.293 e. The van der Waals surface area contributed by atoms with Gasteiger partial charge in [-0.15, -0.1) is 0 Å². The maximum absolute atomic E-state index is 13.7. The van der Waals surface area contributed by atoms with Crippen LogP contribution in [0.15, 0.2) is 53.5 Å². The van der Waals surface area contributed by atoms with E-state index in [4.69, 9.17) is 26.1 Å². The number of hydrogen-bond donors (Lipinski definition) is 3. The van der Waals surface area contributed by atoms with Crippen LogP contribution >= 0.6 is 11.6 Å². The largest absolute Gasteiger partial charge is 0.478 e. The third-order valence-electron chi connectivity index (χ3n) is 13.0. The van der Waals surface area contributed by atoms with Crippen molar-refractivity contribution in [3.05, 3.63) is 80.7 Å². The van der Waals surface area contributed by atoms with E-state index in [1.807, 2.05) is 30.3 Å². The number of fused-ring (bicyclic) bond motifs is 2. The molecule has 18 heteroatoms. The molecule has 9 rings (SSSR count). The van der Waals surface area contributed by atoms with Crippen molar-refractivity contribution in [1.82, 2.24) is 35.0 Å². The molecular formula is C44H48ClN9O8. The Hall–Kier alpha value is -5.91. The average Bonchev–Trinajstić information content (AvgIpc) is 3.52. The molecule has 17 nitrogen and oxygen atoms in total. The number of likely N-dealkylation sites (N-methyl/N-ethyl adjacent to an activating group) is 1. The summed E-state index contributed by atoms with van der Waals surface area (Å²) in [5.41, 5.74) is 2.66. The molecule has 3 saturated heterocycles. The normalized spacial score (nSPS) is 22.4. The van der Waals surface area contributed by atoms with Crippen molar-refractivity contribution in [1.29, 1.82) is 0 Å². The van der Waals surface area contributed by atoms with Crippen molar-refractivity contribution in [2.24, 2.45) is 7.05 Å². The Kier molecular flexibility index (Phi) is 11.4. The lowest BCUT2D eigenvalue weighted by Crippen LogP contribution is -2.54. The second-order valence-corrected chi connectivity index (χ2v) is 17.1. The molecule has 1 saturated carbocycles. The maximum atomic E-state index is 13.7. The number of amides is 5. The van der Waals surface area contributed by atoms with Crippen LogP contribution in [0.25, 0.3) is 10.9 Å². The lowest BCUT2D eigenvalue weighted by Gasteiger charge is -2.47. The Morgan fingerprint density at radius 1 is 0.935 bits per heavy atom. The molecule has 5 amide bonds. The molecule has 324 valence electrons. The van der Waals surface area contributed by atoms with Gasteiger partial charge in [0.2, 0.25) is 17.8 Å². The second kappa shape index (κ2) is 17.1. The van der Waals surface area contributed by atoms with Crippen LogP contribution in [0.2, 0.25) is 5.02 Å². The zero-order valence-corrected chi connectivity index (χ0v) is 35.3. The topological polar surface area (TPSA) is 197 Å². The molecule has 1 aliphatic carbocycles. The van der Waals surface area contributed by atoms with E-state index < -0.39 is 29.7 Å². The van der Waals surface area contributed by atoms with Gasteiger partial charge in [-0.1, -0.05) is 23.7 Å². The predicted molar refractivity (Wildman–Crippen MR) is 229 cm³/mol. The number of aromatic nitrogens is 3. The molecule has 4 fully saturated rings. The van der Waals surface area contributed by atoms with Crippen LogP contribution in [0, 0.1) is 0 Å². The lowest BCUT2D eigenvalue weighted by atomic mass is 9.82. The van der Waals surface area contributed by atoms with Gasteiger partial charge in [-0.05, 0) is 99.8 Å². The van der Waals surface area contributed by atoms with Crippen LogP contribution in [-0.2, 0) is 26.2 Å². The number of halogens is 1. The highest BCUT2D eigenvalue weighted by molar-refractivity contribution is 6.33. The molecule has 6 heterocycles. The smallest absolute Gasteiger partial charge is 0.293 e. The number of likely N-dealkylation sites (tertiary alicyclic amines) is 1. The Morgan fingerprint density at radius 2 is 1.71 bits per heavy atom. The van der Waals surface area contributed by atoms with Gasteiger partial charge in [0.1, 0.15) is 11.1 Å². The Balaban J connectivity index is 0.748. The van der Waals surface area contributed by atoms with Crippen LogP contribution in [0.1, 0.15) is 83.6 Å². The summed E-state index contributed by atoms with van der Waals surface area (Å²) in [6.07, 6.45) is 7.54. The van der Waals surface area contributed by atoms with Crippen molar-refractivity contribution in [2.45, 2.75) is 81.6 Å². The van der Waals surface area contributed by atoms with E-state index in [1.165, 1.54) is 11.6 Å². The third-order valence-corrected chi connectivity index (χ3v) is 13.3. The summed E-state index contributed by atoms with van der Waals surface area (Å²) in [4.78, 5) is 90.9. The van der Waals surface area contributed by atoms with Crippen molar-refractivity contribution < 1.29 is 33.4 Å². The first-order chi connectivity index (χ1) is 29.9. The first-order valence-electron chi connectivity index (χ1n) is 21.2. The summed E-state index contributed by atoms with van der Waals surface area (Å²) in [6.45, 7) is 2.98. The Bertz CT molecular complexity index is 2530. The van der Waals surface area contributed by atoms with Crippen LogP contribution in [0.3, 0.4) is 0 Å². The van der Waals surface area contributed by atoms with E-state index in [9.17, 15) is 28.8 Å². The number of imide groups is 2. The van der Waals surface area contributed by atoms with Crippen LogP contribution in [0.4, 0.5) is 17.5 Å². The first kappa shape index (κ1) is 41.4. The molecule has 2 aromatic heterocycles. The van der Waals surface area contributed by atoms with Gasteiger partial charge in [0.25, 0.3) is 23.3 Å². The van der Waals surface area contributed by atoms with E-state index >= 15 is 0 Å². The summed E-state index contributed by atoms with van der Waals surface area (Å²) in [6, 6.07) is 12.0. The molecule has 0 bridgehead atoms. The third kappa shape index (κ3) is 7.99. The zero-order chi connectivity index (χ0) is 43.2.